The predicted molar refractivity (Wildman–Crippen MR) is 74.0 cm³/mol. The van der Waals surface area contributed by atoms with Crippen LogP contribution in [0.5, 0.6) is 0 Å². The van der Waals surface area contributed by atoms with Gasteiger partial charge in [-0.05, 0) is 34.1 Å². The second kappa shape index (κ2) is 5.77. The summed E-state index contributed by atoms with van der Waals surface area (Å²) in [6.45, 7) is 0. The minimum Gasteiger partial charge on any atom is -0.288 e. The zero-order valence-corrected chi connectivity index (χ0v) is 12.5. The molecule has 0 fully saturated rings. The van der Waals surface area contributed by atoms with Crippen LogP contribution in [0.25, 0.3) is 0 Å². The molecule has 0 atom stereocenters. The molecule has 2 rings (SSSR count). The smallest absolute Gasteiger partial charge is 0.288 e. The van der Waals surface area contributed by atoms with Gasteiger partial charge in [-0.2, -0.15) is 13.2 Å². The van der Waals surface area contributed by atoms with Gasteiger partial charge in [0, 0.05) is 10.0 Å². The Morgan fingerprint density at radius 3 is 2.33 bits per heavy atom. The fourth-order valence-electron chi connectivity index (χ4n) is 1.77. The number of rotatable bonds is 2. The lowest BCUT2D eigenvalue weighted by Crippen LogP contribution is -2.14. The number of halogens is 6. The van der Waals surface area contributed by atoms with Crippen molar-refractivity contribution in [2.45, 2.75) is 6.18 Å². The van der Waals surface area contributed by atoms with E-state index in [4.69, 9.17) is 11.6 Å². The monoisotopic (exact) mass is 380 g/mol. The molecule has 0 unspecified atom stereocenters. The van der Waals surface area contributed by atoms with Crippen molar-refractivity contribution in [1.82, 2.24) is 0 Å². The lowest BCUT2D eigenvalue weighted by atomic mass is 9.98. The third-order valence-electron chi connectivity index (χ3n) is 2.73. The van der Waals surface area contributed by atoms with E-state index in [1.54, 1.807) is 0 Å². The van der Waals surface area contributed by atoms with E-state index in [0.29, 0.717) is 0 Å². The summed E-state index contributed by atoms with van der Waals surface area (Å²) in [5, 5.41) is 0.0317. The van der Waals surface area contributed by atoms with Gasteiger partial charge in [-0.3, -0.25) is 4.79 Å². The van der Waals surface area contributed by atoms with E-state index < -0.39 is 34.5 Å². The minimum absolute atomic E-state index is 0.0317. The van der Waals surface area contributed by atoms with Gasteiger partial charge in [0.05, 0.1) is 16.1 Å². The predicted octanol–water partition coefficient (Wildman–Crippen LogP) is 5.49. The minimum atomic E-state index is -4.71. The van der Waals surface area contributed by atoms with Gasteiger partial charge in [0.15, 0.2) is 5.78 Å². The largest absolute Gasteiger partial charge is 0.417 e. The summed E-state index contributed by atoms with van der Waals surface area (Å²) in [6, 6.07) is 6.14. The highest BCUT2D eigenvalue weighted by Crippen LogP contribution is 2.34. The van der Waals surface area contributed by atoms with Gasteiger partial charge >= 0.3 is 6.18 Å². The summed E-state index contributed by atoms with van der Waals surface area (Å²) in [7, 11) is 0. The normalized spacial score (nSPS) is 11.5. The molecule has 2 aromatic carbocycles. The van der Waals surface area contributed by atoms with Crippen molar-refractivity contribution < 1.29 is 22.4 Å². The van der Waals surface area contributed by atoms with E-state index >= 15 is 0 Å². The first-order chi connectivity index (χ1) is 9.71. The van der Waals surface area contributed by atoms with Crippen LogP contribution < -0.4 is 0 Å². The van der Waals surface area contributed by atoms with Crippen LogP contribution in [-0.4, -0.2) is 5.78 Å². The molecule has 0 N–H and O–H groups in total. The maximum absolute atomic E-state index is 13.8. The van der Waals surface area contributed by atoms with Crippen LogP contribution in [0.1, 0.15) is 21.5 Å². The molecule has 0 saturated carbocycles. The molecular formula is C14H6BrClF4O. The van der Waals surface area contributed by atoms with E-state index in [-0.39, 0.29) is 9.50 Å². The molecule has 0 aromatic heterocycles. The van der Waals surface area contributed by atoms with Crippen molar-refractivity contribution in [1.29, 1.82) is 0 Å². The van der Waals surface area contributed by atoms with Crippen molar-refractivity contribution in [3.8, 4) is 0 Å². The third kappa shape index (κ3) is 3.27. The van der Waals surface area contributed by atoms with E-state index in [9.17, 15) is 22.4 Å². The van der Waals surface area contributed by atoms with Gasteiger partial charge in [0.25, 0.3) is 0 Å². The maximum atomic E-state index is 13.8. The standard InChI is InChI=1S/C14H6BrClF4O/c15-10-6-12(17)8(5-11(10)16)13(21)7-3-1-2-4-9(7)14(18,19)20/h1-6H. The molecule has 0 heterocycles. The zero-order chi connectivity index (χ0) is 15.8. The van der Waals surface area contributed by atoms with Crippen LogP contribution in [0.15, 0.2) is 40.9 Å². The Morgan fingerprint density at radius 2 is 1.71 bits per heavy atom. The molecule has 0 amide bonds. The summed E-state index contributed by atoms with van der Waals surface area (Å²) in [5.41, 5.74) is -2.25. The number of ketones is 1. The summed E-state index contributed by atoms with van der Waals surface area (Å²) in [4.78, 5) is 12.2. The average Bonchev–Trinajstić information content (AvgIpc) is 2.41. The van der Waals surface area contributed by atoms with Crippen LogP contribution in [0.4, 0.5) is 17.6 Å². The average molecular weight is 382 g/mol. The van der Waals surface area contributed by atoms with Gasteiger partial charge in [0.2, 0.25) is 0 Å². The first-order valence-electron chi connectivity index (χ1n) is 5.57. The fourth-order valence-corrected chi connectivity index (χ4v) is 2.25. The molecule has 1 nitrogen and oxygen atoms in total. The molecule has 2 aromatic rings. The van der Waals surface area contributed by atoms with Crippen molar-refractivity contribution >= 4 is 33.3 Å². The number of carbonyl (C=O) groups excluding carboxylic acids is 1. The first-order valence-corrected chi connectivity index (χ1v) is 6.74. The Morgan fingerprint density at radius 1 is 1.10 bits per heavy atom. The number of benzene rings is 2. The number of carbonyl (C=O) groups is 1. The van der Waals surface area contributed by atoms with Crippen LogP contribution in [0.3, 0.4) is 0 Å². The Kier molecular flexibility index (Phi) is 4.39. The van der Waals surface area contributed by atoms with Crippen molar-refractivity contribution in [2.24, 2.45) is 0 Å². The molecule has 0 saturated heterocycles. The molecule has 0 aliphatic rings. The van der Waals surface area contributed by atoms with Gasteiger partial charge in [0.1, 0.15) is 5.82 Å². The van der Waals surface area contributed by atoms with E-state index in [2.05, 4.69) is 15.9 Å². The molecule has 0 bridgehead atoms. The highest BCUT2D eigenvalue weighted by Gasteiger charge is 2.35. The number of alkyl halides is 3. The van der Waals surface area contributed by atoms with Gasteiger partial charge in [-0.1, -0.05) is 29.8 Å². The summed E-state index contributed by atoms with van der Waals surface area (Å²) in [5.74, 6) is -2.02. The molecule has 0 aliphatic carbocycles. The quantitative estimate of drug-likeness (QED) is 0.382. The summed E-state index contributed by atoms with van der Waals surface area (Å²) < 4.78 is 52.7. The summed E-state index contributed by atoms with van der Waals surface area (Å²) >= 11 is 8.73. The van der Waals surface area contributed by atoms with Crippen LogP contribution in [0, 0.1) is 5.82 Å². The van der Waals surface area contributed by atoms with Crippen molar-refractivity contribution in [3.05, 3.63) is 68.4 Å². The highest BCUT2D eigenvalue weighted by molar-refractivity contribution is 9.10. The Bertz CT molecular complexity index is 713. The molecule has 21 heavy (non-hydrogen) atoms. The van der Waals surface area contributed by atoms with Crippen LogP contribution in [0.2, 0.25) is 5.02 Å². The molecule has 110 valence electrons. The molecule has 0 radical (unpaired) electrons. The van der Waals surface area contributed by atoms with Gasteiger partial charge < -0.3 is 0 Å². The Balaban J connectivity index is 2.59. The van der Waals surface area contributed by atoms with Crippen LogP contribution in [-0.2, 0) is 6.18 Å². The zero-order valence-electron chi connectivity index (χ0n) is 10.1. The van der Waals surface area contributed by atoms with Crippen LogP contribution >= 0.6 is 27.5 Å². The topological polar surface area (TPSA) is 17.1 Å². The maximum Gasteiger partial charge on any atom is 0.417 e. The lowest BCUT2D eigenvalue weighted by molar-refractivity contribution is -0.137. The lowest BCUT2D eigenvalue weighted by Gasteiger charge is -2.12. The Hall–Kier alpha value is -1.40. The van der Waals surface area contributed by atoms with E-state index in [0.717, 1.165) is 30.3 Å². The third-order valence-corrected chi connectivity index (χ3v) is 3.93. The van der Waals surface area contributed by atoms with Gasteiger partial charge in [-0.15, -0.1) is 0 Å². The number of hydrogen-bond donors (Lipinski definition) is 0. The molecule has 0 spiro atoms. The van der Waals surface area contributed by atoms with Crippen molar-refractivity contribution in [2.75, 3.05) is 0 Å². The SMILES string of the molecule is O=C(c1cc(Cl)c(Br)cc1F)c1ccccc1C(F)(F)F. The highest BCUT2D eigenvalue weighted by atomic mass is 79.9. The molecule has 0 aliphatic heterocycles. The second-order valence-corrected chi connectivity index (χ2v) is 5.38. The summed E-state index contributed by atoms with van der Waals surface area (Å²) in [6.07, 6.45) is -4.71. The Labute approximate surface area is 130 Å². The fraction of sp³-hybridized carbons (Fsp3) is 0.0714. The molecule has 7 heteroatoms. The first kappa shape index (κ1) is 16.0. The van der Waals surface area contributed by atoms with E-state index in [1.807, 2.05) is 0 Å². The van der Waals surface area contributed by atoms with Crippen molar-refractivity contribution in [3.63, 3.8) is 0 Å². The second-order valence-electron chi connectivity index (χ2n) is 4.12. The molecular weight excluding hydrogens is 376 g/mol. The van der Waals surface area contributed by atoms with Gasteiger partial charge in [-0.25, -0.2) is 4.39 Å². The number of hydrogen-bond acceptors (Lipinski definition) is 1. The van der Waals surface area contributed by atoms with E-state index in [1.165, 1.54) is 6.07 Å².